The van der Waals surface area contributed by atoms with Gasteiger partial charge in [0.2, 0.25) is 11.9 Å². The summed E-state index contributed by atoms with van der Waals surface area (Å²) in [6, 6.07) is 3.91. The first-order chi connectivity index (χ1) is 11.7. The Balaban J connectivity index is 1.43. The molecule has 0 unspecified atom stereocenters. The van der Waals surface area contributed by atoms with E-state index in [0.717, 1.165) is 67.6 Å². The predicted molar refractivity (Wildman–Crippen MR) is 97.4 cm³/mol. The van der Waals surface area contributed by atoms with E-state index < -0.39 is 0 Å². The quantitative estimate of drug-likeness (QED) is 0.830. The molecule has 4 rings (SSSR count). The fourth-order valence-electron chi connectivity index (χ4n) is 3.66. The molecule has 2 aromatic rings. The molecule has 128 valence electrons. The van der Waals surface area contributed by atoms with Gasteiger partial charge in [-0.3, -0.25) is 9.36 Å². The highest BCUT2D eigenvalue weighted by molar-refractivity contribution is 7.99. The third-order valence-corrected chi connectivity index (χ3v) is 6.00. The van der Waals surface area contributed by atoms with Crippen molar-refractivity contribution >= 4 is 34.8 Å². The van der Waals surface area contributed by atoms with E-state index in [0.29, 0.717) is 5.91 Å². The lowest BCUT2D eigenvalue weighted by molar-refractivity contribution is -0.135. The number of hydrogen-bond donors (Lipinski definition) is 0. The standard InChI is InChI=1S/C17H23N5OS/c1-20-15-14(3-2-6-18-15)19-17(20)22-7-4-13(5-8-22)16(23)21-9-11-24-12-10-21/h2-3,6,13H,4-5,7-12H2,1H3. The Morgan fingerprint density at radius 2 is 1.96 bits per heavy atom. The number of anilines is 1. The van der Waals surface area contributed by atoms with E-state index in [-0.39, 0.29) is 5.92 Å². The number of carbonyl (C=O) groups is 1. The van der Waals surface area contributed by atoms with Crippen molar-refractivity contribution in [3.63, 3.8) is 0 Å². The van der Waals surface area contributed by atoms with E-state index in [1.165, 1.54) is 0 Å². The van der Waals surface area contributed by atoms with Crippen molar-refractivity contribution in [2.75, 3.05) is 42.6 Å². The molecule has 4 heterocycles. The third kappa shape index (κ3) is 2.85. The van der Waals surface area contributed by atoms with Crippen LogP contribution in [0.25, 0.3) is 11.2 Å². The lowest BCUT2D eigenvalue weighted by Gasteiger charge is -2.35. The van der Waals surface area contributed by atoms with Gasteiger partial charge in [-0.1, -0.05) is 0 Å². The topological polar surface area (TPSA) is 54.3 Å². The maximum atomic E-state index is 12.7. The molecule has 2 aromatic heterocycles. The Morgan fingerprint density at radius 1 is 1.21 bits per heavy atom. The molecule has 0 radical (unpaired) electrons. The highest BCUT2D eigenvalue weighted by Crippen LogP contribution is 2.26. The number of fused-ring (bicyclic) bond motifs is 1. The Hall–Kier alpha value is -1.76. The highest BCUT2D eigenvalue weighted by atomic mass is 32.2. The second-order valence-corrected chi connectivity index (χ2v) is 7.74. The SMILES string of the molecule is Cn1c(N2CCC(C(=O)N3CCSCC3)CC2)nc2cccnc21. The number of pyridine rings is 1. The van der Waals surface area contributed by atoms with Crippen molar-refractivity contribution in [3.8, 4) is 0 Å². The molecule has 7 heteroatoms. The summed E-state index contributed by atoms with van der Waals surface area (Å²) in [7, 11) is 2.01. The van der Waals surface area contributed by atoms with Crippen LogP contribution in [0.15, 0.2) is 18.3 Å². The number of piperidine rings is 1. The van der Waals surface area contributed by atoms with E-state index in [1.807, 2.05) is 30.9 Å². The largest absolute Gasteiger partial charge is 0.342 e. The van der Waals surface area contributed by atoms with Gasteiger partial charge in [-0.05, 0) is 25.0 Å². The van der Waals surface area contributed by atoms with Crippen molar-refractivity contribution in [1.29, 1.82) is 0 Å². The molecule has 0 atom stereocenters. The van der Waals surface area contributed by atoms with E-state index in [4.69, 9.17) is 4.98 Å². The zero-order chi connectivity index (χ0) is 16.5. The summed E-state index contributed by atoms with van der Waals surface area (Å²) in [5, 5.41) is 0. The molecule has 0 saturated carbocycles. The first kappa shape index (κ1) is 15.7. The van der Waals surface area contributed by atoms with Crippen molar-refractivity contribution in [2.45, 2.75) is 12.8 Å². The van der Waals surface area contributed by atoms with Crippen LogP contribution < -0.4 is 4.90 Å². The molecule has 2 saturated heterocycles. The Kier molecular flexibility index (Phi) is 4.35. The number of imidazole rings is 1. The minimum atomic E-state index is 0.178. The first-order valence-corrected chi connectivity index (χ1v) is 9.78. The van der Waals surface area contributed by atoms with Gasteiger partial charge >= 0.3 is 0 Å². The smallest absolute Gasteiger partial charge is 0.225 e. The molecular weight excluding hydrogens is 322 g/mol. The molecule has 24 heavy (non-hydrogen) atoms. The van der Waals surface area contributed by atoms with Crippen molar-refractivity contribution in [1.82, 2.24) is 19.4 Å². The van der Waals surface area contributed by atoms with Gasteiger partial charge in [0.05, 0.1) is 0 Å². The first-order valence-electron chi connectivity index (χ1n) is 8.63. The van der Waals surface area contributed by atoms with Gasteiger partial charge in [-0.2, -0.15) is 11.8 Å². The predicted octanol–water partition coefficient (Wildman–Crippen LogP) is 1.76. The number of thioether (sulfide) groups is 1. The summed E-state index contributed by atoms with van der Waals surface area (Å²) in [6.45, 7) is 3.60. The molecule has 2 aliphatic rings. The van der Waals surface area contributed by atoms with Crippen LogP contribution in [0.5, 0.6) is 0 Å². The summed E-state index contributed by atoms with van der Waals surface area (Å²) >= 11 is 1.94. The second-order valence-electron chi connectivity index (χ2n) is 6.52. The minimum absolute atomic E-state index is 0.178. The summed E-state index contributed by atoms with van der Waals surface area (Å²) in [6.07, 6.45) is 3.63. The van der Waals surface area contributed by atoms with Crippen LogP contribution >= 0.6 is 11.8 Å². The maximum Gasteiger partial charge on any atom is 0.225 e. The number of hydrogen-bond acceptors (Lipinski definition) is 5. The van der Waals surface area contributed by atoms with Crippen LogP contribution in [0.3, 0.4) is 0 Å². The number of carbonyl (C=O) groups excluding carboxylic acids is 1. The number of aromatic nitrogens is 3. The fraction of sp³-hybridized carbons (Fsp3) is 0.588. The molecule has 0 aliphatic carbocycles. The van der Waals surface area contributed by atoms with E-state index in [1.54, 1.807) is 6.20 Å². The van der Waals surface area contributed by atoms with Crippen molar-refractivity contribution in [3.05, 3.63) is 18.3 Å². The lowest BCUT2D eigenvalue weighted by atomic mass is 9.95. The molecule has 0 N–H and O–H groups in total. The van der Waals surface area contributed by atoms with Crippen molar-refractivity contribution < 1.29 is 4.79 Å². The van der Waals surface area contributed by atoms with Crippen LogP contribution in [-0.2, 0) is 11.8 Å². The molecular formula is C17H23N5OS. The van der Waals surface area contributed by atoms with Gasteiger partial charge < -0.3 is 9.80 Å². The number of amides is 1. The summed E-state index contributed by atoms with van der Waals surface area (Å²) < 4.78 is 2.05. The molecule has 6 nitrogen and oxygen atoms in total. The highest BCUT2D eigenvalue weighted by Gasteiger charge is 2.30. The maximum absolute atomic E-state index is 12.7. The average molecular weight is 345 g/mol. The Labute approximate surface area is 146 Å². The van der Waals surface area contributed by atoms with Gasteiger partial charge in [-0.15, -0.1) is 0 Å². The van der Waals surface area contributed by atoms with Gasteiger partial charge in [0.15, 0.2) is 5.65 Å². The van der Waals surface area contributed by atoms with Gasteiger partial charge in [-0.25, -0.2) is 9.97 Å². The minimum Gasteiger partial charge on any atom is -0.342 e. The molecule has 0 aromatic carbocycles. The van der Waals surface area contributed by atoms with Gasteiger partial charge in [0, 0.05) is 56.8 Å². The van der Waals surface area contributed by atoms with Crippen molar-refractivity contribution in [2.24, 2.45) is 13.0 Å². The normalized spacial score (nSPS) is 19.9. The van der Waals surface area contributed by atoms with Crippen LogP contribution in [0, 0.1) is 5.92 Å². The zero-order valence-corrected chi connectivity index (χ0v) is 14.8. The summed E-state index contributed by atoms with van der Waals surface area (Å²) in [4.78, 5) is 26.2. The summed E-state index contributed by atoms with van der Waals surface area (Å²) in [5.74, 6) is 3.66. The molecule has 1 amide bonds. The summed E-state index contributed by atoms with van der Waals surface area (Å²) in [5.41, 5.74) is 1.84. The monoisotopic (exact) mass is 345 g/mol. The molecule has 2 fully saturated rings. The molecule has 0 spiro atoms. The Morgan fingerprint density at radius 3 is 2.67 bits per heavy atom. The van der Waals surface area contributed by atoms with Gasteiger partial charge in [0.25, 0.3) is 0 Å². The van der Waals surface area contributed by atoms with Crippen LogP contribution in [0.4, 0.5) is 5.95 Å². The average Bonchev–Trinajstić information content (AvgIpc) is 2.99. The van der Waals surface area contributed by atoms with Crippen LogP contribution in [0.2, 0.25) is 0 Å². The zero-order valence-electron chi connectivity index (χ0n) is 14.0. The van der Waals surface area contributed by atoms with Gasteiger partial charge in [0.1, 0.15) is 5.52 Å². The van der Waals surface area contributed by atoms with Crippen LogP contribution in [0.1, 0.15) is 12.8 Å². The second kappa shape index (κ2) is 6.63. The fourth-order valence-corrected chi connectivity index (χ4v) is 4.57. The Bertz CT molecular complexity index is 732. The van der Waals surface area contributed by atoms with E-state index >= 15 is 0 Å². The lowest BCUT2D eigenvalue weighted by Crippen LogP contribution is -2.45. The number of aryl methyl sites for hydroxylation is 1. The molecule has 0 bridgehead atoms. The van der Waals surface area contributed by atoms with E-state index in [2.05, 4.69) is 19.4 Å². The molecule has 2 aliphatic heterocycles. The number of rotatable bonds is 2. The third-order valence-electron chi connectivity index (χ3n) is 5.05. The van der Waals surface area contributed by atoms with Crippen LogP contribution in [-0.4, -0.2) is 63.0 Å². The number of nitrogens with zero attached hydrogens (tertiary/aromatic N) is 5. The van der Waals surface area contributed by atoms with E-state index in [9.17, 15) is 4.79 Å².